The van der Waals surface area contributed by atoms with Crippen molar-refractivity contribution in [2.24, 2.45) is 0 Å². The average Bonchev–Trinajstić information content (AvgIpc) is 2.35. The first-order chi connectivity index (χ1) is 8.99. The van der Waals surface area contributed by atoms with E-state index >= 15 is 0 Å². The zero-order chi connectivity index (χ0) is 14.0. The maximum Gasteiger partial charge on any atom is 0.194 e. The predicted molar refractivity (Wildman–Crippen MR) is 65.4 cm³/mol. The third-order valence-electron chi connectivity index (χ3n) is 2.36. The predicted octanol–water partition coefficient (Wildman–Crippen LogP) is 2.78. The first-order valence-corrected chi connectivity index (χ1v) is 5.54. The number of benzene rings is 1. The molecule has 3 N–H and O–H groups in total. The lowest BCUT2D eigenvalue weighted by Crippen LogP contribution is -2.03. The molecule has 0 bridgehead atoms. The van der Waals surface area contributed by atoms with E-state index < -0.39 is 17.5 Å². The van der Waals surface area contributed by atoms with E-state index in [2.05, 4.69) is 15.3 Å². The molecule has 0 aliphatic carbocycles. The van der Waals surface area contributed by atoms with Gasteiger partial charge >= 0.3 is 0 Å². The molecule has 0 aliphatic rings. The van der Waals surface area contributed by atoms with Crippen LogP contribution in [0.1, 0.15) is 12.7 Å². The molecule has 1 heterocycles. The molecule has 4 nitrogen and oxygen atoms in total. The Kier molecular flexibility index (Phi) is 3.55. The van der Waals surface area contributed by atoms with E-state index in [0.29, 0.717) is 12.2 Å². The zero-order valence-corrected chi connectivity index (χ0v) is 10.0. The maximum absolute atomic E-state index is 13.1. The third kappa shape index (κ3) is 2.93. The molecular weight excluding hydrogens is 257 g/mol. The number of nitrogens with one attached hydrogen (secondary N) is 1. The molecule has 2 rings (SSSR count). The van der Waals surface area contributed by atoms with E-state index in [1.165, 1.54) is 6.07 Å². The Balaban J connectivity index is 2.33. The van der Waals surface area contributed by atoms with Gasteiger partial charge in [-0.2, -0.15) is 0 Å². The van der Waals surface area contributed by atoms with Gasteiger partial charge in [0.05, 0.1) is 0 Å². The summed E-state index contributed by atoms with van der Waals surface area (Å²) in [7, 11) is 0. The standard InChI is InChI=1S/C12H11F3N4/c1-2-10-18-9(16)5-11(19-10)17-6-3-7(13)12(15)8(14)4-6/h3-5H,2H2,1H3,(H3,16,17,18,19). The Hall–Kier alpha value is -2.31. The molecule has 7 heteroatoms. The minimum Gasteiger partial charge on any atom is -0.384 e. The number of nitrogens with two attached hydrogens (primary N) is 1. The van der Waals surface area contributed by atoms with Crippen LogP contribution in [0.4, 0.5) is 30.5 Å². The van der Waals surface area contributed by atoms with Crippen molar-refractivity contribution < 1.29 is 13.2 Å². The van der Waals surface area contributed by atoms with Gasteiger partial charge in [0.25, 0.3) is 0 Å². The Morgan fingerprint density at radius 2 is 1.74 bits per heavy atom. The minimum absolute atomic E-state index is 0.0385. The van der Waals surface area contributed by atoms with E-state index in [-0.39, 0.29) is 17.3 Å². The molecule has 0 saturated heterocycles. The molecule has 0 unspecified atom stereocenters. The Morgan fingerprint density at radius 3 is 2.32 bits per heavy atom. The van der Waals surface area contributed by atoms with E-state index in [9.17, 15) is 13.2 Å². The lowest BCUT2D eigenvalue weighted by Gasteiger charge is -2.08. The zero-order valence-electron chi connectivity index (χ0n) is 10.0. The fraction of sp³-hybridized carbons (Fsp3) is 0.167. The Labute approximate surface area is 107 Å². The van der Waals surface area contributed by atoms with Gasteiger partial charge in [-0.05, 0) is 0 Å². The summed E-state index contributed by atoms with van der Waals surface area (Å²) in [6, 6.07) is 3.09. The summed E-state index contributed by atoms with van der Waals surface area (Å²) < 4.78 is 38.9. The van der Waals surface area contributed by atoms with Crippen LogP contribution in [0.2, 0.25) is 0 Å². The summed E-state index contributed by atoms with van der Waals surface area (Å²) in [6.45, 7) is 1.84. The molecule has 19 heavy (non-hydrogen) atoms. The highest BCUT2D eigenvalue weighted by Crippen LogP contribution is 2.21. The summed E-state index contributed by atoms with van der Waals surface area (Å²) >= 11 is 0. The number of aromatic nitrogens is 2. The van der Waals surface area contributed by atoms with Gasteiger partial charge in [0, 0.05) is 30.3 Å². The monoisotopic (exact) mass is 268 g/mol. The molecule has 0 atom stereocenters. The first kappa shape index (κ1) is 13.1. The molecular formula is C12H11F3N4. The van der Waals surface area contributed by atoms with Crippen LogP contribution < -0.4 is 11.1 Å². The van der Waals surface area contributed by atoms with Crippen molar-refractivity contribution >= 4 is 17.3 Å². The highest BCUT2D eigenvalue weighted by atomic mass is 19.2. The Bertz CT molecular complexity index is 593. The van der Waals surface area contributed by atoms with Crippen LogP contribution in [0, 0.1) is 17.5 Å². The second kappa shape index (κ2) is 5.13. The third-order valence-corrected chi connectivity index (χ3v) is 2.36. The second-order valence-electron chi connectivity index (χ2n) is 3.83. The average molecular weight is 268 g/mol. The smallest absolute Gasteiger partial charge is 0.194 e. The van der Waals surface area contributed by atoms with E-state index in [0.717, 1.165) is 12.1 Å². The number of rotatable bonds is 3. The number of nitrogen functional groups attached to an aromatic ring is 1. The fourth-order valence-electron chi connectivity index (χ4n) is 1.52. The van der Waals surface area contributed by atoms with Crippen molar-refractivity contribution in [3.05, 3.63) is 41.5 Å². The highest BCUT2D eigenvalue weighted by Gasteiger charge is 2.11. The second-order valence-corrected chi connectivity index (χ2v) is 3.83. The van der Waals surface area contributed by atoms with Gasteiger partial charge < -0.3 is 11.1 Å². The van der Waals surface area contributed by atoms with Crippen LogP contribution in [0.3, 0.4) is 0 Å². The van der Waals surface area contributed by atoms with Gasteiger partial charge in [-0.1, -0.05) is 6.92 Å². The molecule has 100 valence electrons. The van der Waals surface area contributed by atoms with E-state index in [4.69, 9.17) is 5.73 Å². The van der Waals surface area contributed by atoms with Crippen molar-refractivity contribution in [2.45, 2.75) is 13.3 Å². The molecule has 1 aromatic carbocycles. The van der Waals surface area contributed by atoms with Gasteiger partial charge in [-0.25, -0.2) is 23.1 Å². The number of nitrogens with zero attached hydrogens (tertiary/aromatic N) is 2. The van der Waals surface area contributed by atoms with Crippen molar-refractivity contribution in [3.8, 4) is 0 Å². The topological polar surface area (TPSA) is 63.8 Å². The van der Waals surface area contributed by atoms with Crippen molar-refractivity contribution in [1.82, 2.24) is 9.97 Å². The van der Waals surface area contributed by atoms with Crippen LogP contribution >= 0.6 is 0 Å². The van der Waals surface area contributed by atoms with Crippen LogP contribution in [0.15, 0.2) is 18.2 Å². The highest BCUT2D eigenvalue weighted by molar-refractivity contribution is 5.58. The van der Waals surface area contributed by atoms with Gasteiger partial charge in [0.1, 0.15) is 17.5 Å². The largest absolute Gasteiger partial charge is 0.384 e. The lowest BCUT2D eigenvalue weighted by molar-refractivity contribution is 0.448. The molecule has 0 spiro atoms. The lowest BCUT2D eigenvalue weighted by atomic mass is 10.3. The normalized spacial score (nSPS) is 10.5. The van der Waals surface area contributed by atoms with E-state index in [1.807, 2.05) is 6.92 Å². The van der Waals surface area contributed by atoms with Gasteiger partial charge in [-0.15, -0.1) is 0 Å². The first-order valence-electron chi connectivity index (χ1n) is 5.54. The molecule has 0 amide bonds. The SMILES string of the molecule is CCc1nc(N)cc(Nc2cc(F)c(F)c(F)c2)n1. The van der Waals surface area contributed by atoms with Crippen molar-refractivity contribution in [2.75, 3.05) is 11.1 Å². The minimum atomic E-state index is -1.51. The maximum atomic E-state index is 13.1. The molecule has 2 aromatic rings. The number of aryl methyl sites for hydroxylation is 1. The van der Waals surface area contributed by atoms with Crippen molar-refractivity contribution in [1.29, 1.82) is 0 Å². The quantitative estimate of drug-likeness (QED) is 0.840. The van der Waals surface area contributed by atoms with Gasteiger partial charge in [-0.3, -0.25) is 0 Å². The summed E-state index contributed by atoms with van der Waals surface area (Å²) in [6.07, 6.45) is 0.561. The number of halogens is 3. The van der Waals surface area contributed by atoms with Crippen LogP contribution in [0.25, 0.3) is 0 Å². The molecule has 1 aromatic heterocycles. The van der Waals surface area contributed by atoms with Crippen LogP contribution in [0.5, 0.6) is 0 Å². The summed E-state index contributed by atoms with van der Waals surface area (Å²) in [5, 5.41) is 2.65. The van der Waals surface area contributed by atoms with Crippen LogP contribution in [-0.4, -0.2) is 9.97 Å². The van der Waals surface area contributed by atoms with Gasteiger partial charge in [0.15, 0.2) is 17.5 Å². The summed E-state index contributed by atoms with van der Waals surface area (Å²) in [5.41, 5.74) is 5.61. The van der Waals surface area contributed by atoms with Crippen LogP contribution in [-0.2, 0) is 6.42 Å². The number of hydrogen-bond donors (Lipinski definition) is 2. The number of anilines is 3. The summed E-state index contributed by atoms with van der Waals surface area (Å²) in [5.74, 6) is -3.06. The molecule has 0 fully saturated rings. The van der Waals surface area contributed by atoms with E-state index in [1.54, 1.807) is 0 Å². The number of hydrogen-bond acceptors (Lipinski definition) is 4. The van der Waals surface area contributed by atoms with Gasteiger partial charge in [0.2, 0.25) is 0 Å². The summed E-state index contributed by atoms with van der Waals surface area (Å²) in [4.78, 5) is 8.05. The van der Waals surface area contributed by atoms with Crippen molar-refractivity contribution in [3.63, 3.8) is 0 Å². The fourth-order valence-corrected chi connectivity index (χ4v) is 1.52. The molecule has 0 aliphatic heterocycles. The Morgan fingerprint density at radius 1 is 1.11 bits per heavy atom. The molecule has 0 radical (unpaired) electrons. The molecule has 0 saturated carbocycles.